The van der Waals surface area contributed by atoms with Gasteiger partial charge in [0.1, 0.15) is 12.4 Å². The van der Waals surface area contributed by atoms with Gasteiger partial charge in [0.25, 0.3) is 5.56 Å². The van der Waals surface area contributed by atoms with Crippen molar-refractivity contribution in [2.24, 2.45) is 0 Å². The average molecular weight is 492 g/mol. The summed E-state index contributed by atoms with van der Waals surface area (Å²) < 4.78 is 74.2. The van der Waals surface area contributed by atoms with Crippen LogP contribution in [0.5, 0.6) is 11.8 Å². The predicted octanol–water partition coefficient (Wildman–Crippen LogP) is 4.12. The van der Waals surface area contributed by atoms with Gasteiger partial charge in [-0.3, -0.25) is 9.59 Å². The standard InChI is InChI=1S/C20H19F5N2O5.C2H6/c1-12(29)3-8-16-13(2)26-18(32-10-19(21,22)9-28)27(17(16)30)14-4-6-15(7-5-14)31-11-20(23,24)25;1-2/h3-8,28H,9-11H2,1-2H3;1-2H3/b8-3-;. The molecule has 0 saturated heterocycles. The van der Waals surface area contributed by atoms with E-state index in [-0.39, 0.29) is 28.5 Å². The van der Waals surface area contributed by atoms with Gasteiger partial charge >= 0.3 is 18.1 Å². The highest BCUT2D eigenvalue weighted by atomic mass is 19.4. The molecule has 0 aliphatic carbocycles. The summed E-state index contributed by atoms with van der Waals surface area (Å²) in [7, 11) is 0. The number of allylic oxidation sites excluding steroid dienone is 1. The van der Waals surface area contributed by atoms with Crippen LogP contribution in [0.15, 0.2) is 35.1 Å². The molecular weight excluding hydrogens is 467 g/mol. The lowest BCUT2D eigenvalue weighted by atomic mass is 10.2. The van der Waals surface area contributed by atoms with Gasteiger partial charge in [-0.25, -0.2) is 18.3 Å². The Morgan fingerprint density at radius 1 is 1.09 bits per heavy atom. The molecule has 1 N–H and O–H groups in total. The Hall–Kier alpha value is -3.28. The molecule has 0 atom stereocenters. The molecule has 0 spiro atoms. The SMILES string of the molecule is CC.CC(=O)/C=C\c1c(C)nc(OCC(F)(F)CO)n(-c2ccc(OCC(F)(F)F)cc2)c1=O. The summed E-state index contributed by atoms with van der Waals surface area (Å²) in [6.45, 7) is 2.34. The summed E-state index contributed by atoms with van der Waals surface area (Å²) in [6, 6.07) is 4.17. The largest absolute Gasteiger partial charge is 0.484 e. The fourth-order valence-corrected chi connectivity index (χ4v) is 2.41. The normalized spacial score (nSPS) is 11.7. The molecule has 2 rings (SSSR count). The fraction of sp³-hybridized carbons (Fsp3) is 0.409. The number of aryl methyl sites for hydroxylation is 1. The van der Waals surface area contributed by atoms with E-state index in [1.807, 2.05) is 13.8 Å². The molecule has 12 heteroatoms. The van der Waals surface area contributed by atoms with Crippen molar-refractivity contribution in [2.45, 2.75) is 39.8 Å². The van der Waals surface area contributed by atoms with Crippen molar-refractivity contribution in [3.8, 4) is 17.4 Å². The minimum absolute atomic E-state index is 0.0288. The third kappa shape index (κ3) is 8.58. The molecule has 0 aliphatic heterocycles. The van der Waals surface area contributed by atoms with E-state index in [2.05, 4.69) is 9.72 Å². The van der Waals surface area contributed by atoms with Gasteiger partial charge in [-0.1, -0.05) is 13.8 Å². The average Bonchev–Trinajstić information content (AvgIpc) is 2.77. The summed E-state index contributed by atoms with van der Waals surface area (Å²) >= 11 is 0. The number of aromatic nitrogens is 2. The first-order valence-electron chi connectivity index (χ1n) is 10.1. The minimum atomic E-state index is -4.55. The third-order valence-electron chi connectivity index (χ3n) is 3.90. The smallest absolute Gasteiger partial charge is 0.422 e. The van der Waals surface area contributed by atoms with Crippen LogP contribution in [0.1, 0.15) is 32.0 Å². The first-order chi connectivity index (χ1) is 15.8. The number of nitrogens with zero attached hydrogens (tertiary/aromatic N) is 2. The second kappa shape index (κ2) is 12.3. The highest BCUT2D eigenvalue weighted by Gasteiger charge is 2.30. The van der Waals surface area contributed by atoms with Gasteiger partial charge in [0.05, 0.1) is 16.9 Å². The number of hydrogen-bond acceptors (Lipinski definition) is 6. The van der Waals surface area contributed by atoms with Crippen LogP contribution in [0.2, 0.25) is 0 Å². The second-order valence-electron chi connectivity index (χ2n) is 6.68. The molecule has 1 heterocycles. The zero-order valence-electron chi connectivity index (χ0n) is 18.9. The lowest BCUT2D eigenvalue weighted by Crippen LogP contribution is -2.32. The monoisotopic (exact) mass is 492 g/mol. The number of carbonyl (C=O) groups excluding carboxylic acids is 1. The van der Waals surface area contributed by atoms with Gasteiger partial charge in [-0.15, -0.1) is 0 Å². The molecule has 0 radical (unpaired) electrons. The topological polar surface area (TPSA) is 90.7 Å². The molecule has 0 bridgehead atoms. The van der Waals surface area contributed by atoms with Crippen molar-refractivity contribution in [1.82, 2.24) is 9.55 Å². The molecule has 0 fully saturated rings. The number of hydrogen-bond donors (Lipinski definition) is 1. The van der Waals surface area contributed by atoms with Crippen molar-refractivity contribution < 1.29 is 41.3 Å². The van der Waals surface area contributed by atoms with Crippen LogP contribution in [-0.4, -0.2) is 52.4 Å². The van der Waals surface area contributed by atoms with E-state index < -0.39 is 43.5 Å². The number of benzene rings is 1. The molecule has 2 aromatic rings. The van der Waals surface area contributed by atoms with E-state index in [1.54, 1.807) is 0 Å². The van der Waals surface area contributed by atoms with Crippen molar-refractivity contribution in [2.75, 3.05) is 19.8 Å². The van der Waals surface area contributed by atoms with Crippen LogP contribution in [-0.2, 0) is 4.79 Å². The summed E-state index contributed by atoms with van der Waals surface area (Å²) in [5.74, 6) is -4.12. The second-order valence-corrected chi connectivity index (χ2v) is 6.68. The molecule has 7 nitrogen and oxygen atoms in total. The van der Waals surface area contributed by atoms with Crippen LogP contribution in [0.4, 0.5) is 22.0 Å². The van der Waals surface area contributed by atoms with Crippen LogP contribution < -0.4 is 15.0 Å². The van der Waals surface area contributed by atoms with E-state index in [0.29, 0.717) is 0 Å². The van der Waals surface area contributed by atoms with E-state index in [4.69, 9.17) is 9.84 Å². The van der Waals surface area contributed by atoms with Gasteiger partial charge in [0.15, 0.2) is 19.0 Å². The van der Waals surface area contributed by atoms with Crippen molar-refractivity contribution in [3.05, 3.63) is 52.0 Å². The lowest BCUT2D eigenvalue weighted by molar-refractivity contribution is -0.153. The number of alkyl halides is 5. The molecule has 1 aromatic heterocycles. The van der Waals surface area contributed by atoms with E-state index >= 15 is 0 Å². The summed E-state index contributed by atoms with van der Waals surface area (Å²) in [4.78, 5) is 28.3. The first-order valence-corrected chi connectivity index (χ1v) is 10.1. The highest BCUT2D eigenvalue weighted by molar-refractivity contribution is 5.91. The molecule has 0 unspecified atom stereocenters. The van der Waals surface area contributed by atoms with Crippen LogP contribution in [0.25, 0.3) is 11.8 Å². The third-order valence-corrected chi connectivity index (χ3v) is 3.90. The maximum Gasteiger partial charge on any atom is 0.422 e. The molecule has 0 aliphatic rings. The van der Waals surface area contributed by atoms with Gasteiger partial charge in [0, 0.05) is 0 Å². The number of aliphatic hydroxyl groups is 1. The Morgan fingerprint density at radius 2 is 1.68 bits per heavy atom. The highest BCUT2D eigenvalue weighted by Crippen LogP contribution is 2.23. The van der Waals surface area contributed by atoms with Crippen LogP contribution in [0.3, 0.4) is 0 Å². The van der Waals surface area contributed by atoms with Crippen molar-refractivity contribution in [1.29, 1.82) is 0 Å². The summed E-state index contributed by atoms with van der Waals surface area (Å²) in [5.41, 5.74) is -0.696. The molecule has 0 saturated carbocycles. The Bertz CT molecular complexity index is 1050. The molecule has 1 aromatic carbocycles. The van der Waals surface area contributed by atoms with E-state index in [0.717, 1.165) is 22.8 Å². The van der Waals surface area contributed by atoms with Crippen LogP contribution in [0, 0.1) is 6.92 Å². The number of halogens is 5. The van der Waals surface area contributed by atoms with Gasteiger partial charge < -0.3 is 14.6 Å². The number of rotatable bonds is 9. The zero-order valence-corrected chi connectivity index (χ0v) is 18.9. The number of aliphatic hydroxyl groups excluding tert-OH is 1. The molecule has 34 heavy (non-hydrogen) atoms. The zero-order chi connectivity index (χ0) is 26.1. The lowest BCUT2D eigenvalue weighted by Gasteiger charge is -2.18. The first kappa shape index (κ1) is 28.8. The van der Waals surface area contributed by atoms with Gasteiger partial charge in [-0.2, -0.15) is 13.2 Å². The van der Waals surface area contributed by atoms with Crippen molar-refractivity contribution >= 4 is 11.9 Å². The quantitative estimate of drug-likeness (QED) is 0.419. The number of carbonyl (C=O) groups is 1. The Kier molecular flexibility index (Phi) is 10.4. The van der Waals surface area contributed by atoms with Gasteiger partial charge in [-0.05, 0) is 50.3 Å². The molecular formula is C22H25F5N2O5. The number of ether oxygens (including phenoxy) is 2. The summed E-state index contributed by atoms with van der Waals surface area (Å²) in [6.07, 6.45) is -2.23. The fourth-order valence-electron chi connectivity index (χ4n) is 2.41. The van der Waals surface area contributed by atoms with Gasteiger partial charge in [0.2, 0.25) is 0 Å². The maximum absolute atomic E-state index is 13.4. The Labute approximate surface area is 192 Å². The predicted molar refractivity (Wildman–Crippen MR) is 115 cm³/mol. The van der Waals surface area contributed by atoms with E-state index in [9.17, 15) is 31.5 Å². The molecule has 188 valence electrons. The van der Waals surface area contributed by atoms with Crippen molar-refractivity contribution in [3.63, 3.8) is 0 Å². The Morgan fingerprint density at radius 3 is 2.18 bits per heavy atom. The maximum atomic E-state index is 13.4. The number of ketones is 1. The Balaban J connectivity index is 0.00000281. The van der Waals surface area contributed by atoms with Crippen LogP contribution >= 0.6 is 0 Å². The minimum Gasteiger partial charge on any atom is -0.484 e. The van der Waals surface area contributed by atoms with E-state index in [1.165, 1.54) is 32.1 Å². The molecule has 0 amide bonds. The summed E-state index contributed by atoms with van der Waals surface area (Å²) in [5, 5.41) is 8.72.